The number of ether oxygens (including phenoxy) is 10. The fraction of sp³-hybridized carbons (Fsp3) is 0.945. The number of esters is 1. The molecule has 5 aliphatic heterocycles. The molecular formula is C55H92O32. The second-order valence-corrected chi connectivity index (χ2v) is 25.3. The van der Waals surface area contributed by atoms with Crippen LogP contribution in [0.15, 0.2) is 12.2 Å². The average molecular weight is 1270 g/mol. The zero-order valence-electron chi connectivity index (χ0n) is 48.2. The van der Waals surface area contributed by atoms with Crippen molar-refractivity contribution >= 4 is 5.97 Å². The van der Waals surface area contributed by atoms with E-state index in [1.54, 1.807) is 6.92 Å². The molecule has 8 aliphatic rings. The molecule has 5 saturated heterocycles. The van der Waals surface area contributed by atoms with Gasteiger partial charge in [0.25, 0.3) is 0 Å². The molecule has 0 aromatic carbocycles. The highest BCUT2D eigenvalue weighted by atomic mass is 16.8. The molecular weight excluding hydrogens is 1170 g/mol. The second-order valence-electron chi connectivity index (χ2n) is 25.3. The van der Waals surface area contributed by atoms with E-state index in [0.717, 1.165) is 5.57 Å². The van der Waals surface area contributed by atoms with Crippen molar-refractivity contribution in [2.45, 2.75) is 250 Å². The topological polar surface area (TPSA) is 534 Å². The Balaban J connectivity index is 1.02. The van der Waals surface area contributed by atoms with Crippen LogP contribution in [-0.2, 0) is 52.2 Å². The maximum atomic E-state index is 15.2. The molecule has 504 valence electrons. The molecule has 21 N–H and O–H groups in total. The fourth-order valence-electron chi connectivity index (χ4n) is 14.8. The maximum absolute atomic E-state index is 15.2. The molecule has 87 heavy (non-hydrogen) atoms. The van der Waals surface area contributed by atoms with E-state index in [1.165, 1.54) is 0 Å². The Morgan fingerprint density at radius 1 is 0.517 bits per heavy atom. The van der Waals surface area contributed by atoms with Crippen molar-refractivity contribution in [2.24, 2.45) is 34.5 Å². The predicted octanol–water partition coefficient (Wildman–Crippen LogP) is -9.35. The highest BCUT2D eigenvalue weighted by Crippen LogP contribution is 2.64. The minimum absolute atomic E-state index is 0.0128. The normalized spacial score (nSPS) is 49.6. The zero-order chi connectivity index (χ0) is 63.9. The number of hydrogen-bond donors (Lipinski definition) is 21. The SMILES string of the molecule is C=C1CC2CCC3[C@](C)(C(=O)OC4OC(CO)C(O)C(O)C4OC4OC(CO)C(O)C(O)C4OC4OC(CO)C(O)C(O)C4OC4OC(CO)C(O)C(O)C4O)CCC[C@@]3(C)[C@@H]2CCC1CC(OC1OC(CO)C(O)C(O)C1O)C(O)C(O)C(O)CO. The van der Waals surface area contributed by atoms with Crippen LogP contribution >= 0.6 is 0 Å². The zero-order valence-corrected chi connectivity index (χ0v) is 48.2. The third-order valence-electron chi connectivity index (χ3n) is 20.0. The minimum atomic E-state index is -2.17. The van der Waals surface area contributed by atoms with Crippen LogP contribution in [0.4, 0.5) is 0 Å². The van der Waals surface area contributed by atoms with Gasteiger partial charge >= 0.3 is 5.97 Å². The molecule has 0 aromatic heterocycles. The first kappa shape index (κ1) is 70.9. The molecule has 8 fully saturated rings. The molecule has 0 spiro atoms. The van der Waals surface area contributed by atoms with Gasteiger partial charge in [-0.1, -0.05) is 25.5 Å². The van der Waals surface area contributed by atoms with Crippen LogP contribution in [0, 0.1) is 34.5 Å². The van der Waals surface area contributed by atoms with Gasteiger partial charge in [-0.15, -0.1) is 0 Å². The lowest BCUT2D eigenvalue weighted by Crippen LogP contribution is -2.68. The first-order chi connectivity index (χ1) is 41.1. The Kier molecular flexibility index (Phi) is 24.1. The van der Waals surface area contributed by atoms with Gasteiger partial charge in [-0.05, 0) is 87.4 Å². The molecule has 0 amide bonds. The quantitative estimate of drug-likeness (QED) is 0.0375. The Hall–Kier alpha value is -1.99. The Labute approximate surface area is 500 Å². The first-order valence-electron chi connectivity index (χ1n) is 29.8. The van der Waals surface area contributed by atoms with Crippen molar-refractivity contribution in [1.82, 2.24) is 0 Å². The smallest absolute Gasteiger partial charge is 0.314 e. The number of aliphatic hydroxyl groups excluding tert-OH is 21. The summed E-state index contributed by atoms with van der Waals surface area (Å²) in [5.41, 5.74) is -1.14. The molecule has 32 heteroatoms. The van der Waals surface area contributed by atoms with Gasteiger partial charge in [-0.3, -0.25) is 4.79 Å². The summed E-state index contributed by atoms with van der Waals surface area (Å²) in [5.74, 6) is -1.75. The maximum Gasteiger partial charge on any atom is 0.314 e. The van der Waals surface area contributed by atoms with E-state index in [-0.39, 0.29) is 24.7 Å². The number of carbonyl (C=O) groups excluding carboxylic acids is 1. The summed E-state index contributed by atoms with van der Waals surface area (Å²) in [5, 5.41) is 224. The van der Waals surface area contributed by atoms with Gasteiger partial charge in [-0.2, -0.15) is 0 Å². The monoisotopic (exact) mass is 1260 g/mol. The Morgan fingerprint density at radius 2 is 0.943 bits per heavy atom. The van der Waals surface area contributed by atoms with Crippen molar-refractivity contribution in [3.05, 3.63) is 12.2 Å². The van der Waals surface area contributed by atoms with Gasteiger partial charge < -0.3 is 155 Å². The van der Waals surface area contributed by atoms with Crippen molar-refractivity contribution in [1.29, 1.82) is 0 Å². The minimum Gasteiger partial charge on any atom is -0.432 e. The molecule has 3 aliphatic carbocycles. The van der Waals surface area contributed by atoms with E-state index in [4.69, 9.17) is 47.4 Å². The van der Waals surface area contributed by atoms with E-state index >= 15 is 4.79 Å². The van der Waals surface area contributed by atoms with Gasteiger partial charge in [0.1, 0.15) is 134 Å². The van der Waals surface area contributed by atoms with Crippen molar-refractivity contribution in [2.75, 3.05) is 39.6 Å². The standard InChI is InChI=1S/C55H92O32/c1-19-11-21-6-8-30-54(2,22(21)7-5-20(19)12-24(32(64)31(63)23(62)13-56)78-48-43(75)38(70)33(65)25(14-57)79-48)9-4-10-55(30,3)53(77)87-52-47(42(74)37(69)29(18-61)83-52)86-51-46(41(73)36(68)28(17-60)82-51)85-50-45(40(72)35(67)27(16-59)81-50)84-49-44(76)39(71)34(66)26(15-58)80-49/h20-52,56-76H,1,4-18H2,2-3H3/t20?,21?,22-,23?,24?,25?,26?,27?,28?,29?,30?,31?,32?,33?,34?,35?,36?,37?,38?,39?,40?,41?,42?,43?,44?,45?,46?,47?,48?,49?,50?,51?,52?,54+,55-/m1/s1. The average Bonchev–Trinajstić information content (AvgIpc) is 1.54. The lowest BCUT2D eigenvalue weighted by atomic mass is 9.45. The third kappa shape index (κ3) is 14.1. The number of hydrogen-bond acceptors (Lipinski definition) is 32. The molecule has 5 heterocycles. The van der Waals surface area contributed by atoms with Crippen molar-refractivity contribution < 1.29 is 159 Å². The van der Waals surface area contributed by atoms with Gasteiger partial charge in [0.15, 0.2) is 31.3 Å². The van der Waals surface area contributed by atoms with Crippen LogP contribution < -0.4 is 0 Å². The molecule has 32 nitrogen and oxygen atoms in total. The van der Waals surface area contributed by atoms with Crippen LogP contribution in [0.2, 0.25) is 0 Å². The highest BCUT2D eigenvalue weighted by molar-refractivity contribution is 5.77. The molecule has 3 saturated carbocycles. The summed E-state index contributed by atoms with van der Waals surface area (Å²) in [7, 11) is 0. The summed E-state index contributed by atoms with van der Waals surface area (Å²) in [6.45, 7) is 2.74. The lowest BCUT2D eigenvalue weighted by Gasteiger charge is -2.59. The van der Waals surface area contributed by atoms with E-state index in [9.17, 15) is 107 Å². The molecule has 8 rings (SSSR count). The van der Waals surface area contributed by atoms with Crippen LogP contribution in [-0.4, -0.2) is 331 Å². The molecule has 35 atom stereocenters. The summed E-state index contributed by atoms with van der Waals surface area (Å²) < 4.78 is 58.9. The van der Waals surface area contributed by atoms with Crippen molar-refractivity contribution in [3.63, 3.8) is 0 Å². The van der Waals surface area contributed by atoms with Crippen molar-refractivity contribution in [3.8, 4) is 0 Å². The third-order valence-corrected chi connectivity index (χ3v) is 20.0. The predicted molar refractivity (Wildman–Crippen MR) is 282 cm³/mol. The molecule has 0 aromatic rings. The largest absolute Gasteiger partial charge is 0.432 e. The van der Waals surface area contributed by atoms with Crippen LogP contribution in [0.1, 0.15) is 71.6 Å². The number of aliphatic hydroxyl groups is 21. The number of fused-ring (bicyclic) bond motifs is 3. The summed E-state index contributed by atoms with van der Waals surface area (Å²) >= 11 is 0. The fourth-order valence-corrected chi connectivity index (χ4v) is 14.8. The van der Waals surface area contributed by atoms with Gasteiger partial charge in [-0.25, -0.2) is 0 Å². The second kappa shape index (κ2) is 29.5. The van der Waals surface area contributed by atoms with E-state index in [1.807, 2.05) is 0 Å². The highest BCUT2D eigenvalue weighted by Gasteiger charge is 2.62. The summed E-state index contributed by atoms with van der Waals surface area (Å²) in [6, 6.07) is 0. The molecule has 0 radical (unpaired) electrons. The van der Waals surface area contributed by atoms with E-state index in [0.29, 0.717) is 44.9 Å². The van der Waals surface area contributed by atoms with Crippen LogP contribution in [0.5, 0.6) is 0 Å². The van der Waals surface area contributed by atoms with Gasteiger partial charge in [0.2, 0.25) is 6.29 Å². The summed E-state index contributed by atoms with van der Waals surface area (Å²) in [6.07, 6.45) is -51.0. The van der Waals surface area contributed by atoms with Gasteiger partial charge in [0, 0.05) is 0 Å². The summed E-state index contributed by atoms with van der Waals surface area (Å²) in [4.78, 5) is 15.2. The molecule has 0 bridgehead atoms. The van der Waals surface area contributed by atoms with E-state index in [2.05, 4.69) is 13.5 Å². The Bertz CT molecular complexity index is 2200. The number of carbonyl (C=O) groups is 1. The number of allylic oxidation sites excluding steroid dienone is 1. The molecule has 32 unspecified atom stereocenters. The van der Waals surface area contributed by atoms with E-state index < -0.39 is 246 Å². The van der Waals surface area contributed by atoms with Crippen LogP contribution in [0.25, 0.3) is 0 Å². The first-order valence-corrected chi connectivity index (χ1v) is 29.8. The van der Waals surface area contributed by atoms with Gasteiger partial charge in [0.05, 0.1) is 51.2 Å². The Morgan fingerprint density at radius 3 is 1.43 bits per heavy atom. The van der Waals surface area contributed by atoms with Crippen LogP contribution in [0.3, 0.4) is 0 Å². The number of rotatable bonds is 21. The lowest BCUT2D eigenvalue weighted by molar-refractivity contribution is -0.405.